The van der Waals surface area contributed by atoms with Crippen molar-refractivity contribution in [1.82, 2.24) is 0 Å². The Morgan fingerprint density at radius 3 is 2.12 bits per heavy atom. The van der Waals surface area contributed by atoms with Crippen molar-refractivity contribution >= 4 is 9.16 Å². The number of aliphatic hydroxyl groups excluding tert-OH is 1. The van der Waals surface area contributed by atoms with E-state index in [9.17, 15) is 13.9 Å². The molecule has 0 aromatic rings. The van der Waals surface area contributed by atoms with Gasteiger partial charge in [-0.2, -0.15) is 0 Å². The maximum Gasteiger partial charge on any atom is 0.284 e. The molecule has 1 atom stereocenters. The zero-order valence-electron chi connectivity index (χ0n) is 10.8. The first kappa shape index (κ1) is 15.7. The average Bonchev–Trinajstić information content (AvgIpc) is 2.08. The second-order valence-corrected chi connectivity index (χ2v) is 13.5. The van der Waals surface area contributed by atoms with E-state index in [-0.39, 0.29) is 6.42 Å². The quantitative estimate of drug-likeness (QED) is 0.584. The van der Waals surface area contributed by atoms with Crippen molar-refractivity contribution < 1.29 is 13.9 Å². The van der Waals surface area contributed by atoms with Gasteiger partial charge in [0.25, 0.3) is 5.92 Å². The fraction of sp³-hybridized carbons (Fsp3) is 0.833. The van der Waals surface area contributed by atoms with Crippen molar-refractivity contribution in [2.45, 2.75) is 38.2 Å². The molecule has 0 unspecified atom stereocenters. The molecule has 0 saturated heterocycles. The number of halogens is 2. The summed E-state index contributed by atoms with van der Waals surface area (Å²) in [6, 6.07) is 0. The van der Waals surface area contributed by atoms with E-state index in [1.54, 1.807) is 0 Å². The summed E-state index contributed by atoms with van der Waals surface area (Å²) in [6.07, 6.45) is 6.84. The van der Waals surface area contributed by atoms with Gasteiger partial charge in [-0.05, 0) is 31.4 Å². The van der Waals surface area contributed by atoms with Crippen LogP contribution in [0.4, 0.5) is 8.78 Å². The molecule has 98 valence electrons. The van der Waals surface area contributed by atoms with Gasteiger partial charge >= 0.3 is 0 Å². The maximum absolute atomic E-state index is 13.4. The lowest BCUT2D eigenvalue weighted by Gasteiger charge is -2.40. The molecule has 0 saturated carbocycles. The zero-order valence-corrected chi connectivity index (χ0v) is 11.7. The van der Waals surface area contributed by atoms with Crippen LogP contribution in [0.2, 0.25) is 0 Å². The van der Waals surface area contributed by atoms with E-state index in [1.165, 1.54) is 0 Å². The molecule has 0 spiro atoms. The molecule has 0 heterocycles. The molecule has 16 heavy (non-hydrogen) atoms. The van der Waals surface area contributed by atoms with Crippen LogP contribution in [0.25, 0.3) is 0 Å². The first-order chi connectivity index (χ1) is 6.94. The molecular weight excluding hydrogens is 230 g/mol. The highest BCUT2D eigenvalue weighted by atomic mass is 32.3. The SMILES string of the molecule is CCCCC(F)(F)[C@@H](O)C#C[SH](C)(C)(C)C. The van der Waals surface area contributed by atoms with E-state index in [4.69, 9.17) is 0 Å². The Morgan fingerprint density at radius 1 is 1.25 bits per heavy atom. The van der Waals surface area contributed by atoms with Crippen LogP contribution in [0.1, 0.15) is 26.2 Å². The van der Waals surface area contributed by atoms with Gasteiger partial charge in [0.2, 0.25) is 0 Å². The van der Waals surface area contributed by atoms with E-state index >= 15 is 0 Å². The third-order valence-electron chi connectivity index (χ3n) is 1.91. The third kappa shape index (κ3) is 7.08. The number of alkyl halides is 2. The Labute approximate surface area is 97.9 Å². The molecule has 1 N–H and O–H groups in total. The lowest BCUT2D eigenvalue weighted by atomic mass is 10.1. The number of hydrogen-bond donors (Lipinski definition) is 2. The fourth-order valence-corrected chi connectivity index (χ4v) is 1.61. The molecule has 0 rings (SSSR count). The predicted molar refractivity (Wildman–Crippen MR) is 70.9 cm³/mol. The average molecular weight is 254 g/mol. The molecule has 0 fully saturated rings. The molecule has 0 aliphatic rings. The van der Waals surface area contributed by atoms with E-state index in [0.29, 0.717) is 12.8 Å². The van der Waals surface area contributed by atoms with Crippen molar-refractivity contribution in [3.63, 3.8) is 0 Å². The molecular formula is C12H24F2OS. The minimum Gasteiger partial charge on any atom is -0.374 e. The van der Waals surface area contributed by atoms with Gasteiger partial charge in [-0.25, -0.2) is 17.9 Å². The Balaban J connectivity index is 4.63. The minimum absolute atomic E-state index is 0.295. The molecule has 0 amide bonds. The second-order valence-electron chi connectivity index (χ2n) is 6.10. The van der Waals surface area contributed by atoms with Crippen molar-refractivity contribution in [3.8, 4) is 11.2 Å². The van der Waals surface area contributed by atoms with Gasteiger partial charge in [-0.15, -0.1) is 0 Å². The summed E-state index contributed by atoms with van der Waals surface area (Å²) in [5.41, 5.74) is 0. The summed E-state index contributed by atoms with van der Waals surface area (Å²) < 4.78 is 26.7. The van der Waals surface area contributed by atoms with E-state index in [0.717, 1.165) is 0 Å². The van der Waals surface area contributed by atoms with Crippen LogP contribution in [-0.2, 0) is 0 Å². The first-order valence-corrected chi connectivity index (χ1v) is 9.56. The van der Waals surface area contributed by atoms with Crippen LogP contribution < -0.4 is 0 Å². The van der Waals surface area contributed by atoms with Crippen LogP contribution in [-0.4, -0.2) is 42.2 Å². The normalized spacial score (nSPS) is 16.9. The van der Waals surface area contributed by atoms with Gasteiger partial charge < -0.3 is 5.11 Å². The van der Waals surface area contributed by atoms with Gasteiger partial charge in [-0.3, -0.25) is 0 Å². The largest absolute Gasteiger partial charge is 0.374 e. The van der Waals surface area contributed by atoms with Gasteiger partial charge in [-0.1, -0.05) is 24.5 Å². The van der Waals surface area contributed by atoms with Gasteiger partial charge in [0.15, 0.2) is 6.10 Å². The summed E-state index contributed by atoms with van der Waals surface area (Å²) in [6.45, 7) is 1.84. The van der Waals surface area contributed by atoms with Crippen molar-refractivity contribution in [1.29, 1.82) is 0 Å². The second kappa shape index (κ2) is 4.93. The van der Waals surface area contributed by atoms with E-state index in [1.807, 2.05) is 31.9 Å². The number of hydrogen-bond acceptors (Lipinski definition) is 1. The standard InChI is InChI=1S/C12H24F2OS/c1-6-7-9-12(13,14)11(15)8-10-16(2,3,4)5/h11,15-16H,6-7,9H2,1-5H3/t11-/m0/s1. The highest BCUT2D eigenvalue weighted by molar-refractivity contribution is 8.51. The maximum atomic E-state index is 13.4. The molecule has 0 aromatic heterocycles. The van der Waals surface area contributed by atoms with E-state index in [2.05, 4.69) is 11.2 Å². The summed E-state index contributed by atoms with van der Waals surface area (Å²) in [5.74, 6) is -0.760. The molecule has 1 nitrogen and oxygen atoms in total. The Hall–Kier alpha value is -0.270. The molecule has 0 aliphatic heterocycles. The first-order valence-electron chi connectivity index (χ1n) is 5.54. The van der Waals surface area contributed by atoms with Gasteiger partial charge in [0.05, 0.1) is 0 Å². The monoisotopic (exact) mass is 254 g/mol. The van der Waals surface area contributed by atoms with Crippen LogP contribution in [0, 0.1) is 11.2 Å². The zero-order chi connectivity index (χ0) is 13.1. The van der Waals surface area contributed by atoms with Gasteiger partial charge in [0, 0.05) is 6.42 Å². The Kier molecular flexibility index (Phi) is 4.85. The number of thiol groups is 1. The van der Waals surface area contributed by atoms with Gasteiger partial charge in [0.1, 0.15) is 0 Å². The number of aliphatic hydroxyl groups is 1. The number of unbranched alkanes of at least 4 members (excludes halogenated alkanes) is 1. The molecule has 0 bridgehead atoms. The Morgan fingerprint density at radius 2 is 1.75 bits per heavy atom. The molecule has 4 heteroatoms. The highest BCUT2D eigenvalue weighted by Gasteiger charge is 2.36. The van der Waals surface area contributed by atoms with E-state index < -0.39 is 21.2 Å². The van der Waals surface area contributed by atoms with Crippen molar-refractivity contribution in [3.05, 3.63) is 0 Å². The summed E-state index contributed by atoms with van der Waals surface area (Å²) in [4.78, 5) is 0. The summed E-state index contributed by atoms with van der Waals surface area (Å²) >= 11 is 0. The van der Waals surface area contributed by atoms with Crippen LogP contribution in [0.15, 0.2) is 0 Å². The highest BCUT2D eigenvalue weighted by Crippen LogP contribution is 2.54. The molecule has 0 radical (unpaired) electrons. The van der Waals surface area contributed by atoms with Crippen LogP contribution in [0.3, 0.4) is 0 Å². The number of rotatable bonds is 4. The predicted octanol–water partition coefficient (Wildman–Crippen LogP) is 2.73. The third-order valence-corrected chi connectivity index (χ3v) is 2.94. The minimum atomic E-state index is -3.09. The van der Waals surface area contributed by atoms with Crippen LogP contribution >= 0.6 is 9.16 Å². The molecule has 0 aliphatic carbocycles. The summed E-state index contributed by atoms with van der Waals surface area (Å²) in [5, 5.41) is 12.2. The van der Waals surface area contributed by atoms with Crippen molar-refractivity contribution in [2.75, 3.05) is 25.0 Å². The lowest BCUT2D eigenvalue weighted by molar-refractivity contribution is -0.0887. The van der Waals surface area contributed by atoms with Crippen LogP contribution in [0.5, 0.6) is 0 Å². The fourth-order valence-electron chi connectivity index (χ4n) is 0.974. The molecule has 0 aromatic carbocycles. The lowest BCUT2D eigenvalue weighted by Crippen LogP contribution is -2.32. The topological polar surface area (TPSA) is 20.2 Å². The smallest absolute Gasteiger partial charge is 0.284 e. The van der Waals surface area contributed by atoms with Crippen molar-refractivity contribution in [2.24, 2.45) is 0 Å². The summed E-state index contributed by atoms with van der Waals surface area (Å²) in [7, 11) is -2.14. The Bertz CT molecular complexity index is 284.